The Bertz CT molecular complexity index is 1280. The summed E-state index contributed by atoms with van der Waals surface area (Å²) >= 11 is 1.25. The van der Waals surface area contributed by atoms with Crippen LogP contribution in [0.25, 0.3) is 0 Å². The first kappa shape index (κ1) is 25.7. The maximum absolute atomic E-state index is 13.1. The lowest BCUT2D eigenvalue weighted by Gasteiger charge is -2.41. The van der Waals surface area contributed by atoms with Gasteiger partial charge in [-0.05, 0) is 36.8 Å². The Hall–Kier alpha value is -4.39. The van der Waals surface area contributed by atoms with Crippen LogP contribution in [0, 0.1) is 10.1 Å². The van der Waals surface area contributed by atoms with E-state index >= 15 is 0 Å². The van der Waals surface area contributed by atoms with Crippen molar-refractivity contribution in [1.29, 1.82) is 0 Å². The van der Waals surface area contributed by atoms with E-state index in [1.165, 1.54) is 47.9 Å². The van der Waals surface area contributed by atoms with Crippen molar-refractivity contribution in [2.24, 2.45) is 4.99 Å². The Morgan fingerprint density at radius 2 is 1.81 bits per heavy atom. The van der Waals surface area contributed by atoms with Crippen LogP contribution < -0.4 is 4.74 Å². The summed E-state index contributed by atoms with van der Waals surface area (Å²) < 4.78 is 20.6. The highest BCUT2D eigenvalue weighted by molar-refractivity contribution is 8.15. The summed E-state index contributed by atoms with van der Waals surface area (Å²) in [4.78, 5) is 53.6. The predicted octanol–water partition coefficient (Wildman–Crippen LogP) is 3.41. The average Bonchev–Trinajstić information content (AvgIpc) is 3.28. The highest BCUT2D eigenvalue weighted by Crippen LogP contribution is 2.42. The van der Waals surface area contributed by atoms with Gasteiger partial charge in [-0.1, -0.05) is 30.0 Å². The second-order valence-corrected chi connectivity index (χ2v) is 8.94. The van der Waals surface area contributed by atoms with E-state index in [1.54, 1.807) is 12.1 Å². The van der Waals surface area contributed by atoms with Crippen LogP contribution in [0.15, 0.2) is 71.0 Å². The molecule has 0 bridgehead atoms. The van der Waals surface area contributed by atoms with Gasteiger partial charge in [-0.25, -0.2) is 9.59 Å². The lowest BCUT2D eigenvalue weighted by molar-refractivity contribution is -0.384. The molecule has 4 rings (SSSR count). The third-order valence-corrected chi connectivity index (χ3v) is 6.55. The lowest BCUT2D eigenvalue weighted by atomic mass is 10.1. The number of carbonyl (C=O) groups excluding carboxylic acids is 3. The van der Waals surface area contributed by atoms with Crippen molar-refractivity contribution in [1.82, 2.24) is 4.90 Å². The topological polar surface area (TPSA) is 147 Å². The highest BCUT2D eigenvalue weighted by Gasteiger charge is 2.55. The Balaban J connectivity index is 1.47. The fourth-order valence-corrected chi connectivity index (χ4v) is 4.74. The Kier molecular flexibility index (Phi) is 7.72. The van der Waals surface area contributed by atoms with Crippen molar-refractivity contribution < 1.29 is 38.3 Å². The molecule has 2 atom stereocenters. The van der Waals surface area contributed by atoms with Gasteiger partial charge in [-0.15, -0.1) is 0 Å². The van der Waals surface area contributed by atoms with E-state index in [0.29, 0.717) is 16.4 Å². The van der Waals surface area contributed by atoms with Crippen molar-refractivity contribution in [3.63, 3.8) is 0 Å². The van der Waals surface area contributed by atoms with Gasteiger partial charge < -0.3 is 18.9 Å². The maximum Gasteiger partial charge on any atom is 0.513 e. The second kappa shape index (κ2) is 11.1. The van der Waals surface area contributed by atoms with Gasteiger partial charge in [0.2, 0.25) is 0 Å². The van der Waals surface area contributed by atoms with Gasteiger partial charge in [0.15, 0.2) is 11.7 Å². The average molecular weight is 528 g/mol. The van der Waals surface area contributed by atoms with E-state index in [2.05, 4.69) is 9.73 Å². The number of hydrogen-bond donors (Lipinski definition) is 0. The van der Waals surface area contributed by atoms with E-state index in [4.69, 9.17) is 14.2 Å². The first-order valence-corrected chi connectivity index (χ1v) is 11.8. The molecule has 2 aliphatic heterocycles. The van der Waals surface area contributed by atoms with Crippen LogP contribution in [0.5, 0.6) is 5.75 Å². The van der Waals surface area contributed by atoms with Crippen LogP contribution in [0.3, 0.4) is 0 Å². The largest absolute Gasteiger partial charge is 0.513 e. The van der Waals surface area contributed by atoms with Gasteiger partial charge in [0, 0.05) is 12.1 Å². The Morgan fingerprint density at radius 1 is 1.11 bits per heavy atom. The molecule has 0 radical (unpaired) electrons. The molecule has 2 aromatic carbocycles. The summed E-state index contributed by atoms with van der Waals surface area (Å²) in [6.07, 6.45) is -1.07. The zero-order chi connectivity index (χ0) is 26.5. The monoisotopic (exact) mass is 527 g/mol. The molecule has 12 nitrogen and oxygen atoms in total. The van der Waals surface area contributed by atoms with Crippen molar-refractivity contribution in [2.45, 2.75) is 24.9 Å². The SMILES string of the molecule is COC(=O)OC(C)=C(C(=O)OCc1ccc([N+](=O)[O-])cc1)N1C(=O)C2N=C(COc3ccccc3)SC21. The predicted molar refractivity (Wildman–Crippen MR) is 130 cm³/mol. The molecule has 1 amide bonds. The number of methoxy groups -OCH3 is 1. The van der Waals surface area contributed by atoms with Crippen LogP contribution in [0.1, 0.15) is 12.5 Å². The number of hydrogen-bond acceptors (Lipinski definition) is 11. The number of β-lactam (4-membered cyclic amide) rings is 1. The zero-order valence-corrected chi connectivity index (χ0v) is 20.5. The number of nitro benzene ring substituents is 1. The minimum Gasteiger partial charge on any atom is -0.487 e. The molecule has 2 aliphatic rings. The van der Waals surface area contributed by atoms with E-state index in [-0.39, 0.29) is 30.4 Å². The molecule has 1 fully saturated rings. The van der Waals surface area contributed by atoms with E-state index in [1.807, 2.05) is 18.2 Å². The standard InChI is InChI=1S/C24H21N3O9S/c1-14(36-24(30)33-2)20(23(29)35-12-15-8-10-16(11-9-15)27(31)32)26-21(28)19-22(26)37-18(25-19)13-34-17-6-4-3-5-7-17/h3-11,19,22H,12-13H2,1-2H3. The zero-order valence-electron chi connectivity index (χ0n) is 19.7. The van der Waals surface area contributed by atoms with Crippen LogP contribution in [-0.2, 0) is 30.4 Å². The smallest absolute Gasteiger partial charge is 0.487 e. The molecule has 13 heteroatoms. The lowest BCUT2D eigenvalue weighted by Crippen LogP contribution is -2.61. The molecule has 37 heavy (non-hydrogen) atoms. The van der Waals surface area contributed by atoms with Gasteiger partial charge >= 0.3 is 12.1 Å². The fourth-order valence-electron chi connectivity index (χ4n) is 3.54. The number of likely N-dealkylation sites (tertiary alicyclic amines) is 1. The van der Waals surface area contributed by atoms with E-state index < -0.39 is 34.4 Å². The Labute approximate surface area is 215 Å². The second-order valence-electron chi connectivity index (χ2n) is 7.75. The molecule has 0 saturated carbocycles. The summed E-state index contributed by atoms with van der Waals surface area (Å²) in [5.41, 5.74) is 0.101. The molecular weight excluding hydrogens is 506 g/mol. The van der Waals surface area contributed by atoms with Crippen LogP contribution in [0.4, 0.5) is 10.5 Å². The summed E-state index contributed by atoms with van der Waals surface area (Å²) in [6, 6.07) is 13.8. The Morgan fingerprint density at radius 3 is 2.46 bits per heavy atom. The van der Waals surface area contributed by atoms with Gasteiger partial charge in [0.1, 0.15) is 35.1 Å². The fraction of sp³-hybridized carbons (Fsp3) is 0.250. The first-order valence-electron chi connectivity index (χ1n) is 10.9. The number of nitrogens with zero attached hydrogens (tertiary/aromatic N) is 3. The van der Waals surface area contributed by atoms with Crippen molar-refractivity contribution >= 4 is 40.5 Å². The number of amides is 1. The summed E-state index contributed by atoms with van der Waals surface area (Å²) in [6.45, 7) is 1.24. The van der Waals surface area contributed by atoms with Crippen LogP contribution in [-0.4, -0.2) is 58.0 Å². The number of non-ortho nitro benzene ring substituents is 1. The van der Waals surface area contributed by atoms with Gasteiger partial charge in [0.25, 0.3) is 11.6 Å². The first-order chi connectivity index (χ1) is 17.8. The number of esters is 1. The third kappa shape index (κ3) is 5.72. The molecule has 2 unspecified atom stereocenters. The molecule has 0 N–H and O–H groups in total. The number of allylic oxidation sites excluding steroid dienone is 1. The summed E-state index contributed by atoms with van der Waals surface area (Å²) in [7, 11) is 1.10. The van der Waals surface area contributed by atoms with Gasteiger partial charge in [0.05, 0.1) is 12.0 Å². The van der Waals surface area contributed by atoms with Gasteiger partial charge in [-0.3, -0.25) is 24.8 Å². The molecule has 0 aliphatic carbocycles. The number of benzene rings is 2. The molecule has 2 heterocycles. The molecular formula is C24H21N3O9S. The van der Waals surface area contributed by atoms with E-state index in [9.17, 15) is 24.5 Å². The summed E-state index contributed by atoms with van der Waals surface area (Å²) in [5, 5.41) is 10.8. The summed E-state index contributed by atoms with van der Waals surface area (Å²) in [5.74, 6) is -0.948. The normalized spacial score (nSPS) is 18.6. The van der Waals surface area contributed by atoms with Crippen molar-refractivity contribution in [3.8, 4) is 5.75 Å². The number of aliphatic imine (C=N–C) groups is 1. The van der Waals surface area contributed by atoms with Crippen LogP contribution >= 0.6 is 11.8 Å². The molecule has 1 saturated heterocycles. The minimum atomic E-state index is -1.07. The number of para-hydroxylation sites is 1. The quantitative estimate of drug-likeness (QED) is 0.119. The van der Waals surface area contributed by atoms with E-state index in [0.717, 1.165) is 7.11 Å². The molecule has 2 aromatic rings. The maximum atomic E-state index is 13.1. The number of ether oxygens (including phenoxy) is 4. The molecule has 192 valence electrons. The molecule has 0 spiro atoms. The van der Waals surface area contributed by atoms with Crippen LogP contribution in [0.2, 0.25) is 0 Å². The number of fused-ring (bicyclic) bond motifs is 1. The molecule has 0 aromatic heterocycles. The van der Waals surface area contributed by atoms with Crippen molar-refractivity contribution in [3.05, 3.63) is 81.7 Å². The van der Waals surface area contributed by atoms with Crippen molar-refractivity contribution in [2.75, 3.05) is 13.7 Å². The third-order valence-electron chi connectivity index (χ3n) is 5.35. The number of nitro groups is 1. The number of carbonyl (C=O) groups is 3. The number of rotatable bonds is 9. The minimum absolute atomic E-state index is 0.111. The number of thioether (sulfide) groups is 1. The van der Waals surface area contributed by atoms with Gasteiger partial charge in [-0.2, -0.15) is 0 Å². The highest BCUT2D eigenvalue weighted by atomic mass is 32.2.